The number of rotatable bonds is 2. The lowest BCUT2D eigenvalue weighted by atomic mass is 10.0. The van der Waals surface area contributed by atoms with Gasteiger partial charge in [0.25, 0.3) is 0 Å². The van der Waals surface area contributed by atoms with E-state index >= 15 is 0 Å². The first kappa shape index (κ1) is 15.9. The molecule has 0 spiro atoms. The van der Waals surface area contributed by atoms with Crippen LogP contribution in [-0.2, 0) is 0 Å². The maximum Gasteiger partial charge on any atom is 0.0792 e. The molecule has 2 aliphatic carbocycles. The Morgan fingerprint density at radius 1 is 0.458 bits per heavy atom. The molecule has 0 heterocycles. The zero-order valence-electron chi connectivity index (χ0n) is 15.6. The Hall–Kier alpha value is -1.65. The fraction of sp³-hybridized carbons (Fsp3) is 0.273. The highest BCUT2D eigenvalue weighted by Crippen LogP contribution is 2.58. The highest BCUT2D eigenvalue weighted by molar-refractivity contribution is 6.99. The zero-order chi connectivity index (χ0) is 17.3. The number of benzene rings is 2. The zero-order valence-corrected chi connectivity index (χ0v) is 17.6. The SMILES string of the molecule is C[Si](C)(C)C1=C2C(=C([Si](C)(C)C)c3ccccc32)c2ccccc21. The van der Waals surface area contributed by atoms with Gasteiger partial charge < -0.3 is 0 Å². The van der Waals surface area contributed by atoms with Crippen LogP contribution in [0.3, 0.4) is 0 Å². The first-order valence-corrected chi connectivity index (χ1v) is 15.9. The van der Waals surface area contributed by atoms with Gasteiger partial charge in [0, 0.05) is 0 Å². The molecule has 4 rings (SSSR count). The highest BCUT2D eigenvalue weighted by atomic mass is 28.3. The van der Waals surface area contributed by atoms with Gasteiger partial charge in [0.1, 0.15) is 0 Å². The molecule has 0 N–H and O–H groups in total. The van der Waals surface area contributed by atoms with E-state index in [-0.39, 0.29) is 0 Å². The Balaban J connectivity index is 2.21. The van der Waals surface area contributed by atoms with Gasteiger partial charge in [-0.15, -0.1) is 0 Å². The molecule has 0 amide bonds. The summed E-state index contributed by atoms with van der Waals surface area (Å²) in [6.07, 6.45) is 0. The average Bonchev–Trinajstić information content (AvgIpc) is 2.98. The minimum Gasteiger partial charge on any atom is -0.0656 e. The van der Waals surface area contributed by atoms with E-state index < -0.39 is 16.1 Å². The molecule has 0 aromatic heterocycles. The fourth-order valence-corrected chi connectivity index (χ4v) is 8.53. The van der Waals surface area contributed by atoms with Crippen molar-refractivity contribution in [2.24, 2.45) is 0 Å². The fourth-order valence-electron chi connectivity index (χ4n) is 4.45. The standard InChI is InChI=1S/C22H26Si2/c1-23(2,3)21-17-13-9-7-11-15(17)20-19(21)16-12-8-10-14-18(16)22(20)24(4,5)6/h7-14H,1-6H3. The number of fused-ring (bicyclic) bond motifs is 5. The maximum absolute atomic E-state index is 2.49. The lowest BCUT2D eigenvalue weighted by Gasteiger charge is -2.23. The molecule has 0 saturated carbocycles. The van der Waals surface area contributed by atoms with Crippen LogP contribution in [0.2, 0.25) is 39.3 Å². The second kappa shape index (κ2) is 4.93. The summed E-state index contributed by atoms with van der Waals surface area (Å²) < 4.78 is 0. The molecule has 0 fully saturated rings. The second-order valence-corrected chi connectivity index (χ2v) is 19.1. The van der Waals surface area contributed by atoms with Crippen LogP contribution in [0.5, 0.6) is 0 Å². The minimum atomic E-state index is -1.46. The van der Waals surface area contributed by atoms with E-state index in [0.29, 0.717) is 0 Å². The molecular weight excluding hydrogens is 320 g/mol. The van der Waals surface area contributed by atoms with Gasteiger partial charge in [0.05, 0.1) is 16.1 Å². The summed E-state index contributed by atoms with van der Waals surface area (Å²) >= 11 is 0. The topological polar surface area (TPSA) is 0 Å². The molecule has 0 nitrogen and oxygen atoms in total. The lowest BCUT2D eigenvalue weighted by Crippen LogP contribution is -2.23. The van der Waals surface area contributed by atoms with Gasteiger partial charge in [-0.2, -0.15) is 0 Å². The van der Waals surface area contributed by atoms with Gasteiger partial charge in [-0.1, -0.05) is 87.8 Å². The maximum atomic E-state index is 2.49. The van der Waals surface area contributed by atoms with Crippen molar-refractivity contribution in [2.75, 3.05) is 0 Å². The van der Waals surface area contributed by atoms with Crippen molar-refractivity contribution in [1.82, 2.24) is 0 Å². The van der Waals surface area contributed by atoms with E-state index in [9.17, 15) is 0 Å². The van der Waals surface area contributed by atoms with Crippen LogP contribution < -0.4 is 0 Å². The summed E-state index contributed by atoms with van der Waals surface area (Å²) in [5, 5.41) is 3.32. The van der Waals surface area contributed by atoms with Crippen molar-refractivity contribution in [1.29, 1.82) is 0 Å². The Morgan fingerprint density at radius 3 is 1.04 bits per heavy atom. The average molecular weight is 347 g/mol. The monoisotopic (exact) mass is 346 g/mol. The van der Waals surface area contributed by atoms with Crippen LogP contribution in [0.4, 0.5) is 0 Å². The van der Waals surface area contributed by atoms with Gasteiger partial charge in [-0.3, -0.25) is 0 Å². The molecule has 2 aromatic carbocycles. The van der Waals surface area contributed by atoms with Crippen molar-refractivity contribution >= 4 is 37.7 Å². The Morgan fingerprint density at radius 2 is 0.750 bits per heavy atom. The number of hydrogen-bond donors (Lipinski definition) is 0. The van der Waals surface area contributed by atoms with Crippen LogP contribution in [0.15, 0.2) is 48.5 Å². The quantitative estimate of drug-likeness (QED) is 0.538. The first-order valence-electron chi connectivity index (χ1n) is 8.90. The molecule has 2 heteroatoms. The van der Waals surface area contributed by atoms with Crippen molar-refractivity contribution in [2.45, 2.75) is 39.3 Å². The largest absolute Gasteiger partial charge is 0.0792 e. The van der Waals surface area contributed by atoms with Crippen LogP contribution in [0.1, 0.15) is 22.3 Å². The number of hydrogen-bond acceptors (Lipinski definition) is 0. The van der Waals surface area contributed by atoms with Crippen molar-refractivity contribution in [3.63, 3.8) is 0 Å². The Labute approximate surface area is 148 Å². The van der Waals surface area contributed by atoms with E-state index in [2.05, 4.69) is 87.8 Å². The van der Waals surface area contributed by atoms with E-state index in [1.165, 1.54) is 22.3 Å². The molecule has 2 aromatic rings. The predicted octanol–water partition coefficient (Wildman–Crippen LogP) is 6.59. The summed E-state index contributed by atoms with van der Waals surface area (Å²) in [5.74, 6) is 0. The van der Waals surface area contributed by atoms with Crippen molar-refractivity contribution in [3.8, 4) is 0 Å². The predicted molar refractivity (Wildman–Crippen MR) is 113 cm³/mol. The third-order valence-corrected chi connectivity index (χ3v) is 9.22. The highest BCUT2D eigenvalue weighted by Gasteiger charge is 2.42. The van der Waals surface area contributed by atoms with Crippen LogP contribution in [-0.4, -0.2) is 16.1 Å². The molecule has 0 bridgehead atoms. The lowest BCUT2D eigenvalue weighted by molar-refractivity contribution is 1.57. The van der Waals surface area contributed by atoms with Crippen LogP contribution in [0, 0.1) is 0 Å². The first-order chi connectivity index (χ1) is 11.2. The third kappa shape index (κ3) is 2.09. The smallest absolute Gasteiger partial charge is 0.0656 e. The van der Waals surface area contributed by atoms with E-state index in [1.54, 1.807) is 21.5 Å². The Bertz CT molecular complexity index is 838. The van der Waals surface area contributed by atoms with Gasteiger partial charge in [0.2, 0.25) is 0 Å². The molecule has 0 saturated heterocycles. The third-order valence-electron chi connectivity index (χ3n) is 5.18. The van der Waals surface area contributed by atoms with Gasteiger partial charge >= 0.3 is 0 Å². The minimum absolute atomic E-state index is 1.46. The molecule has 122 valence electrons. The van der Waals surface area contributed by atoms with Gasteiger partial charge in [0.15, 0.2) is 0 Å². The second-order valence-electron chi connectivity index (χ2n) is 9.09. The molecule has 2 aliphatic rings. The summed E-state index contributed by atoms with van der Waals surface area (Å²) in [6, 6.07) is 18.2. The van der Waals surface area contributed by atoms with Gasteiger partial charge in [-0.05, 0) is 43.8 Å². The molecular formula is C22H26Si2. The normalized spacial score (nSPS) is 16.4. The summed E-state index contributed by atoms with van der Waals surface area (Å²) in [4.78, 5) is 0. The molecule has 0 radical (unpaired) electrons. The van der Waals surface area contributed by atoms with E-state index in [1.807, 2.05) is 0 Å². The van der Waals surface area contributed by atoms with E-state index in [4.69, 9.17) is 0 Å². The molecule has 0 unspecified atom stereocenters. The summed E-state index contributed by atoms with van der Waals surface area (Å²) in [5.41, 5.74) is 9.13. The van der Waals surface area contributed by atoms with Crippen molar-refractivity contribution in [3.05, 3.63) is 70.8 Å². The van der Waals surface area contributed by atoms with Crippen LogP contribution in [0.25, 0.3) is 21.5 Å². The summed E-state index contributed by atoms with van der Waals surface area (Å²) in [6.45, 7) is 14.9. The van der Waals surface area contributed by atoms with Gasteiger partial charge in [-0.25, -0.2) is 0 Å². The molecule has 0 aliphatic heterocycles. The van der Waals surface area contributed by atoms with Crippen molar-refractivity contribution < 1.29 is 0 Å². The molecule has 0 atom stereocenters. The van der Waals surface area contributed by atoms with Crippen LogP contribution >= 0.6 is 0 Å². The Kier molecular flexibility index (Phi) is 3.26. The molecule has 24 heavy (non-hydrogen) atoms. The number of allylic oxidation sites excluding steroid dienone is 2. The summed E-state index contributed by atoms with van der Waals surface area (Å²) in [7, 11) is -2.92. The van der Waals surface area contributed by atoms with E-state index in [0.717, 1.165) is 0 Å².